The molecule has 10 heteroatoms. The van der Waals surface area contributed by atoms with E-state index in [2.05, 4.69) is 10.1 Å². The number of oxime groups is 1. The molecule has 1 fully saturated rings. The number of rotatable bonds is 4. The van der Waals surface area contributed by atoms with Crippen LogP contribution in [0.4, 0.5) is 17.6 Å². The maximum atomic E-state index is 14.7. The molecule has 1 aromatic heterocycles. The molecular formula is C33H28F4N4O2. The number of aromatic nitrogens is 2. The third kappa shape index (κ3) is 4.47. The molecule has 0 amide bonds. The van der Waals surface area contributed by atoms with Crippen molar-refractivity contribution in [3.63, 3.8) is 0 Å². The predicted molar refractivity (Wildman–Crippen MR) is 153 cm³/mol. The maximum Gasteiger partial charge on any atom is 0.194 e. The molecule has 2 aliphatic heterocycles. The summed E-state index contributed by atoms with van der Waals surface area (Å²) in [5.41, 5.74) is 4.01. The monoisotopic (exact) mass is 588 g/mol. The van der Waals surface area contributed by atoms with Gasteiger partial charge in [-0.2, -0.15) is 0 Å². The lowest BCUT2D eigenvalue weighted by molar-refractivity contribution is -0.117. The van der Waals surface area contributed by atoms with Crippen LogP contribution in [0, 0.1) is 30.2 Å². The van der Waals surface area contributed by atoms with Gasteiger partial charge < -0.3 is 19.0 Å². The lowest BCUT2D eigenvalue weighted by Crippen LogP contribution is -2.52. The SMILES string of the molecule is COc1cc(C=C2CCCN3C2=NOC2(CCc4cc(F)ccc42)[C@@H]3c2cc(F)c(F)c(F)c2)ccc1-n1cnc(C)c1. The first kappa shape index (κ1) is 27.2. The highest BCUT2D eigenvalue weighted by atomic mass is 19.2. The Labute approximate surface area is 245 Å². The van der Waals surface area contributed by atoms with Crippen LogP contribution in [0.2, 0.25) is 0 Å². The highest BCUT2D eigenvalue weighted by Crippen LogP contribution is 2.54. The number of piperidine rings is 1. The van der Waals surface area contributed by atoms with Crippen molar-refractivity contribution in [2.24, 2.45) is 5.16 Å². The standard InChI is InChI=1S/C33H28F4N4O2/c1-19-17-40(18-38-19)28-8-5-20(13-29(28)42-2)12-22-4-3-11-41-31(23-15-26(35)30(37)27(36)16-23)33(43-39-32(22)41)10-9-21-14-24(34)6-7-25(21)33/h5-8,12-18,31H,3-4,9-11H2,1-2H3/t31-,33?/m0/s1. The highest BCUT2D eigenvalue weighted by molar-refractivity contribution is 6.03. The molecule has 220 valence electrons. The average Bonchev–Trinajstić information content (AvgIpc) is 3.59. The van der Waals surface area contributed by atoms with Gasteiger partial charge in [-0.25, -0.2) is 22.5 Å². The Balaban J connectivity index is 1.33. The Kier molecular flexibility index (Phi) is 6.52. The van der Waals surface area contributed by atoms with Crippen LogP contribution in [-0.4, -0.2) is 33.9 Å². The van der Waals surface area contributed by atoms with E-state index in [1.54, 1.807) is 19.5 Å². The van der Waals surface area contributed by atoms with E-state index in [0.717, 1.165) is 46.6 Å². The van der Waals surface area contributed by atoms with Crippen LogP contribution in [0.5, 0.6) is 5.75 Å². The van der Waals surface area contributed by atoms with E-state index in [1.165, 1.54) is 12.1 Å². The zero-order chi connectivity index (χ0) is 29.9. The molecule has 0 radical (unpaired) electrons. The minimum absolute atomic E-state index is 0.226. The Bertz CT molecular complexity index is 1790. The molecule has 1 spiro atoms. The van der Waals surface area contributed by atoms with Crippen LogP contribution in [-0.2, 0) is 16.9 Å². The number of halogens is 4. The summed E-state index contributed by atoms with van der Waals surface area (Å²) < 4.78 is 65.1. The van der Waals surface area contributed by atoms with Crippen LogP contribution in [0.15, 0.2) is 71.8 Å². The molecule has 0 bridgehead atoms. The predicted octanol–water partition coefficient (Wildman–Crippen LogP) is 7.15. The van der Waals surface area contributed by atoms with Gasteiger partial charge in [-0.1, -0.05) is 17.3 Å². The van der Waals surface area contributed by atoms with Crippen molar-refractivity contribution in [3.05, 3.63) is 118 Å². The number of ether oxygens (including phenoxy) is 1. The van der Waals surface area contributed by atoms with Gasteiger partial charge in [0, 0.05) is 24.7 Å². The molecular weight excluding hydrogens is 560 g/mol. The molecule has 3 aliphatic rings. The van der Waals surface area contributed by atoms with Crippen LogP contribution in [0.1, 0.15) is 53.3 Å². The third-order valence-corrected chi connectivity index (χ3v) is 8.60. The summed E-state index contributed by atoms with van der Waals surface area (Å²) >= 11 is 0. The molecule has 43 heavy (non-hydrogen) atoms. The van der Waals surface area contributed by atoms with Gasteiger partial charge in [0.2, 0.25) is 0 Å². The van der Waals surface area contributed by atoms with E-state index in [0.29, 0.717) is 43.0 Å². The molecule has 1 saturated heterocycles. The number of aryl methyl sites for hydroxylation is 2. The van der Waals surface area contributed by atoms with E-state index in [9.17, 15) is 17.6 Å². The summed E-state index contributed by atoms with van der Waals surface area (Å²) in [6, 6.07) is 11.6. The van der Waals surface area contributed by atoms with E-state index < -0.39 is 29.1 Å². The molecule has 3 aromatic carbocycles. The van der Waals surface area contributed by atoms with Crippen molar-refractivity contribution >= 4 is 11.9 Å². The fourth-order valence-corrected chi connectivity index (χ4v) is 6.72. The molecule has 1 aliphatic carbocycles. The number of hydrogen-bond donors (Lipinski definition) is 0. The van der Waals surface area contributed by atoms with Gasteiger partial charge in [0.15, 0.2) is 28.9 Å². The van der Waals surface area contributed by atoms with Gasteiger partial charge >= 0.3 is 0 Å². The number of imidazole rings is 1. The molecule has 0 saturated carbocycles. The Morgan fingerprint density at radius 2 is 1.84 bits per heavy atom. The van der Waals surface area contributed by atoms with E-state index in [1.807, 2.05) is 46.9 Å². The maximum absolute atomic E-state index is 14.7. The molecule has 6 nitrogen and oxygen atoms in total. The summed E-state index contributed by atoms with van der Waals surface area (Å²) in [6.07, 6.45) is 7.98. The third-order valence-electron chi connectivity index (χ3n) is 8.60. The second kappa shape index (κ2) is 10.3. The largest absolute Gasteiger partial charge is 0.495 e. The van der Waals surface area contributed by atoms with Crippen LogP contribution in [0.3, 0.4) is 0 Å². The van der Waals surface area contributed by atoms with E-state index in [-0.39, 0.29) is 11.4 Å². The number of benzene rings is 3. The number of amidine groups is 1. The Morgan fingerprint density at radius 3 is 2.58 bits per heavy atom. The van der Waals surface area contributed by atoms with Crippen LogP contribution < -0.4 is 4.74 Å². The first-order valence-corrected chi connectivity index (χ1v) is 14.1. The lowest BCUT2D eigenvalue weighted by Gasteiger charge is -2.49. The first-order chi connectivity index (χ1) is 20.8. The molecule has 7 rings (SSSR count). The molecule has 2 atom stereocenters. The van der Waals surface area contributed by atoms with Gasteiger partial charge in [-0.3, -0.25) is 0 Å². The normalized spacial score (nSPS) is 21.9. The molecule has 1 unspecified atom stereocenters. The van der Waals surface area contributed by atoms with Crippen molar-refractivity contribution in [3.8, 4) is 11.4 Å². The number of nitrogens with zero attached hydrogens (tertiary/aromatic N) is 4. The second-order valence-corrected chi connectivity index (χ2v) is 11.2. The fraction of sp³-hybridized carbons (Fsp3) is 0.273. The minimum atomic E-state index is -1.53. The van der Waals surface area contributed by atoms with Gasteiger partial charge in [0.05, 0.1) is 24.8 Å². The van der Waals surface area contributed by atoms with Crippen molar-refractivity contribution in [2.45, 2.75) is 44.2 Å². The summed E-state index contributed by atoms with van der Waals surface area (Å²) in [7, 11) is 1.61. The van der Waals surface area contributed by atoms with Crippen molar-refractivity contribution in [1.82, 2.24) is 14.5 Å². The Hall–Kier alpha value is -4.60. The van der Waals surface area contributed by atoms with Crippen LogP contribution in [0.25, 0.3) is 11.8 Å². The Morgan fingerprint density at radius 1 is 1.02 bits per heavy atom. The number of methoxy groups -OCH3 is 1. The second-order valence-electron chi connectivity index (χ2n) is 11.2. The lowest BCUT2D eigenvalue weighted by atomic mass is 9.80. The van der Waals surface area contributed by atoms with Gasteiger partial charge in [0.1, 0.15) is 17.6 Å². The van der Waals surface area contributed by atoms with Gasteiger partial charge in [0.25, 0.3) is 0 Å². The van der Waals surface area contributed by atoms with Crippen molar-refractivity contribution in [2.75, 3.05) is 13.7 Å². The smallest absolute Gasteiger partial charge is 0.194 e. The number of fused-ring (bicyclic) bond motifs is 3. The van der Waals surface area contributed by atoms with Gasteiger partial charge in [-0.05, 0) is 90.9 Å². The zero-order valence-electron chi connectivity index (χ0n) is 23.6. The van der Waals surface area contributed by atoms with Crippen LogP contribution >= 0.6 is 0 Å². The zero-order valence-corrected chi connectivity index (χ0v) is 23.6. The van der Waals surface area contributed by atoms with E-state index in [4.69, 9.17) is 9.57 Å². The van der Waals surface area contributed by atoms with Crippen molar-refractivity contribution < 1.29 is 27.1 Å². The molecule has 4 aromatic rings. The summed E-state index contributed by atoms with van der Waals surface area (Å²) in [5.74, 6) is -3.26. The van der Waals surface area contributed by atoms with Crippen molar-refractivity contribution in [1.29, 1.82) is 0 Å². The molecule has 0 N–H and O–H groups in total. The topological polar surface area (TPSA) is 51.9 Å². The first-order valence-electron chi connectivity index (χ1n) is 14.1. The van der Waals surface area contributed by atoms with E-state index >= 15 is 0 Å². The summed E-state index contributed by atoms with van der Waals surface area (Å²) in [4.78, 5) is 12.6. The average molecular weight is 589 g/mol. The highest BCUT2D eigenvalue weighted by Gasteiger charge is 2.55. The van der Waals surface area contributed by atoms with Gasteiger partial charge in [-0.15, -0.1) is 0 Å². The quantitative estimate of drug-likeness (QED) is 0.188. The summed E-state index contributed by atoms with van der Waals surface area (Å²) in [6.45, 7) is 2.45. The fourth-order valence-electron chi connectivity index (χ4n) is 6.72. The number of hydrogen-bond acceptors (Lipinski definition) is 5. The minimum Gasteiger partial charge on any atom is -0.495 e. The summed E-state index contributed by atoms with van der Waals surface area (Å²) in [5, 5.41) is 4.61. The molecule has 3 heterocycles.